The van der Waals surface area contributed by atoms with Crippen molar-refractivity contribution in [1.82, 2.24) is 0 Å². The fourth-order valence-electron chi connectivity index (χ4n) is 2.67. The van der Waals surface area contributed by atoms with Gasteiger partial charge in [0.15, 0.2) is 5.17 Å². The Balaban J connectivity index is 1.92. The van der Waals surface area contributed by atoms with Crippen molar-refractivity contribution >= 4 is 28.3 Å². The van der Waals surface area contributed by atoms with Crippen LogP contribution in [-0.4, -0.2) is 10.9 Å². The van der Waals surface area contributed by atoms with Crippen LogP contribution in [0.2, 0.25) is 0 Å². The predicted molar refractivity (Wildman–Crippen MR) is 96.9 cm³/mol. The summed E-state index contributed by atoms with van der Waals surface area (Å²) in [5.74, 6) is 0.973. The Hall–Kier alpha value is -2.45. The molecule has 0 saturated heterocycles. The van der Waals surface area contributed by atoms with Gasteiger partial charge in [0.1, 0.15) is 6.07 Å². The van der Waals surface area contributed by atoms with E-state index in [4.69, 9.17) is 5.73 Å². The van der Waals surface area contributed by atoms with Gasteiger partial charge in [-0.1, -0.05) is 36.0 Å². The van der Waals surface area contributed by atoms with Crippen LogP contribution >= 0.6 is 11.8 Å². The fourth-order valence-corrected chi connectivity index (χ4v) is 3.65. The number of benzene rings is 2. The van der Waals surface area contributed by atoms with Crippen molar-refractivity contribution in [3.05, 3.63) is 59.7 Å². The Bertz CT molecular complexity index is 794. The van der Waals surface area contributed by atoms with Crippen LogP contribution in [0.4, 0.5) is 11.4 Å². The highest BCUT2D eigenvalue weighted by Gasteiger charge is 2.29. The zero-order valence-corrected chi connectivity index (χ0v) is 13.7. The van der Waals surface area contributed by atoms with Crippen LogP contribution < -0.4 is 11.1 Å². The Morgan fingerprint density at radius 1 is 1.26 bits per heavy atom. The zero-order valence-electron chi connectivity index (χ0n) is 12.9. The number of hydrogen-bond acceptors (Lipinski definition) is 5. The van der Waals surface area contributed by atoms with Gasteiger partial charge in [-0.15, -0.1) is 0 Å². The number of rotatable bonds is 3. The van der Waals surface area contributed by atoms with E-state index >= 15 is 0 Å². The minimum absolute atomic E-state index is 0.290. The second-order valence-electron chi connectivity index (χ2n) is 5.69. The summed E-state index contributed by atoms with van der Waals surface area (Å²) in [5.41, 5.74) is 9.12. The van der Waals surface area contributed by atoms with Gasteiger partial charge < -0.3 is 11.1 Å². The number of amidine groups is 1. The normalized spacial score (nSPS) is 20.4. The van der Waals surface area contributed by atoms with Gasteiger partial charge >= 0.3 is 0 Å². The molecule has 1 aliphatic heterocycles. The first-order valence-electron chi connectivity index (χ1n) is 7.45. The lowest BCUT2D eigenvalue weighted by atomic mass is 9.89. The monoisotopic (exact) mass is 322 g/mol. The molecule has 23 heavy (non-hydrogen) atoms. The van der Waals surface area contributed by atoms with Gasteiger partial charge in [-0.25, -0.2) is 0 Å². The van der Waals surface area contributed by atoms with Crippen molar-refractivity contribution < 1.29 is 0 Å². The Morgan fingerprint density at radius 3 is 2.87 bits per heavy atom. The van der Waals surface area contributed by atoms with Gasteiger partial charge in [0.25, 0.3) is 0 Å². The van der Waals surface area contributed by atoms with E-state index in [1.54, 1.807) is 17.8 Å². The molecule has 0 saturated carbocycles. The number of nitrogens with two attached hydrogens (primary N) is 1. The second kappa shape index (κ2) is 6.35. The molecule has 1 heterocycles. The third-order valence-corrected chi connectivity index (χ3v) is 4.80. The largest absolute Gasteiger partial charge is 0.379 e. The summed E-state index contributed by atoms with van der Waals surface area (Å²) in [4.78, 5) is 4.64. The number of hydrogen-bond donors (Lipinski definition) is 2. The summed E-state index contributed by atoms with van der Waals surface area (Å²) in [6.45, 7) is 2.11. The van der Waals surface area contributed by atoms with E-state index in [9.17, 15) is 5.26 Å². The van der Waals surface area contributed by atoms with Gasteiger partial charge in [-0.3, -0.25) is 4.99 Å². The summed E-state index contributed by atoms with van der Waals surface area (Å²) < 4.78 is 0. The predicted octanol–water partition coefficient (Wildman–Crippen LogP) is 3.97. The second-order valence-corrected chi connectivity index (χ2v) is 6.80. The summed E-state index contributed by atoms with van der Waals surface area (Å²) in [7, 11) is 0. The summed E-state index contributed by atoms with van der Waals surface area (Å²) in [6.07, 6.45) is 0.955. The molecule has 0 spiro atoms. The molecular formula is C18H18N4S. The van der Waals surface area contributed by atoms with Crippen molar-refractivity contribution in [2.75, 3.05) is 11.1 Å². The van der Waals surface area contributed by atoms with Crippen molar-refractivity contribution in [2.45, 2.75) is 18.9 Å². The molecule has 0 bridgehead atoms. The summed E-state index contributed by atoms with van der Waals surface area (Å²) in [5, 5.41) is 13.2. The standard InChI is InChI=1S/C18H18N4S/c1-18(9-10-23-17(20)22-18)14-6-4-7-15(11-14)21-16-8-3-2-5-13(16)12-19/h2-8,11,21H,9-10H2,1H3,(H2,20,22)/t18-/m0/s1. The Morgan fingerprint density at radius 2 is 2.09 bits per heavy atom. The highest BCUT2D eigenvalue weighted by Crippen LogP contribution is 2.36. The van der Waals surface area contributed by atoms with Crippen LogP contribution in [0.1, 0.15) is 24.5 Å². The van der Waals surface area contributed by atoms with Crippen LogP contribution in [0.25, 0.3) is 0 Å². The molecule has 0 aliphatic carbocycles. The van der Waals surface area contributed by atoms with Crippen molar-refractivity contribution in [3.63, 3.8) is 0 Å². The van der Waals surface area contributed by atoms with E-state index in [0.29, 0.717) is 10.7 Å². The molecule has 2 aromatic rings. The van der Waals surface area contributed by atoms with Gasteiger partial charge in [0, 0.05) is 11.4 Å². The molecule has 1 atom stereocenters. The summed E-state index contributed by atoms with van der Waals surface area (Å²) >= 11 is 1.60. The lowest BCUT2D eigenvalue weighted by Gasteiger charge is -2.30. The highest BCUT2D eigenvalue weighted by molar-refractivity contribution is 8.13. The summed E-state index contributed by atoms with van der Waals surface area (Å²) in [6, 6.07) is 17.8. The Labute approximate surface area is 140 Å². The first-order chi connectivity index (χ1) is 11.1. The molecule has 116 valence electrons. The van der Waals surface area contributed by atoms with E-state index in [1.165, 1.54) is 0 Å². The van der Waals surface area contributed by atoms with Gasteiger partial charge in [-0.05, 0) is 43.2 Å². The van der Waals surface area contributed by atoms with Gasteiger partial charge in [-0.2, -0.15) is 5.26 Å². The number of thioether (sulfide) groups is 1. The van der Waals surface area contributed by atoms with E-state index < -0.39 is 0 Å². The minimum atomic E-state index is -0.290. The van der Waals surface area contributed by atoms with Crippen LogP contribution in [0.3, 0.4) is 0 Å². The number of nitrogens with zero attached hydrogens (tertiary/aromatic N) is 2. The lowest BCUT2D eigenvalue weighted by molar-refractivity contribution is 0.482. The quantitative estimate of drug-likeness (QED) is 0.896. The molecule has 1 aliphatic rings. The SMILES string of the molecule is C[C@@]1(c2cccc(Nc3ccccc3C#N)c2)CCSC(N)=N1. The maximum absolute atomic E-state index is 9.20. The first-order valence-corrected chi connectivity index (χ1v) is 8.44. The lowest BCUT2D eigenvalue weighted by Crippen LogP contribution is -2.28. The van der Waals surface area contributed by atoms with Crippen LogP contribution in [0.15, 0.2) is 53.5 Å². The molecule has 3 N–H and O–H groups in total. The molecule has 0 fully saturated rings. The van der Waals surface area contributed by atoms with E-state index in [-0.39, 0.29) is 5.54 Å². The number of para-hydroxylation sites is 1. The van der Waals surface area contributed by atoms with Crippen LogP contribution in [-0.2, 0) is 5.54 Å². The number of nitriles is 1. The molecule has 4 nitrogen and oxygen atoms in total. The van der Waals surface area contributed by atoms with E-state index in [0.717, 1.165) is 29.1 Å². The van der Waals surface area contributed by atoms with E-state index in [1.807, 2.05) is 30.3 Å². The molecule has 5 heteroatoms. The maximum atomic E-state index is 9.20. The van der Waals surface area contributed by atoms with E-state index in [2.05, 4.69) is 35.4 Å². The average molecular weight is 322 g/mol. The highest BCUT2D eigenvalue weighted by atomic mass is 32.2. The smallest absolute Gasteiger partial charge is 0.154 e. The molecule has 0 radical (unpaired) electrons. The molecule has 0 unspecified atom stereocenters. The van der Waals surface area contributed by atoms with Crippen molar-refractivity contribution in [1.29, 1.82) is 5.26 Å². The third-order valence-electron chi connectivity index (χ3n) is 4.01. The average Bonchev–Trinajstić information content (AvgIpc) is 2.55. The molecule has 3 rings (SSSR count). The topological polar surface area (TPSA) is 74.2 Å². The zero-order chi connectivity index (χ0) is 16.3. The fraction of sp³-hybridized carbons (Fsp3) is 0.222. The Kier molecular flexibility index (Phi) is 4.26. The van der Waals surface area contributed by atoms with Crippen molar-refractivity contribution in [2.24, 2.45) is 10.7 Å². The maximum Gasteiger partial charge on any atom is 0.154 e. The van der Waals surface area contributed by atoms with Crippen molar-refractivity contribution in [3.8, 4) is 6.07 Å². The third kappa shape index (κ3) is 3.33. The number of nitrogens with one attached hydrogen (secondary N) is 1. The van der Waals surface area contributed by atoms with Crippen LogP contribution in [0, 0.1) is 11.3 Å². The van der Waals surface area contributed by atoms with Crippen LogP contribution in [0.5, 0.6) is 0 Å². The first kappa shape index (κ1) is 15.4. The number of aliphatic imine (C=N–C) groups is 1. The minimum Gasteiger partial charge on any atom is -0.379 e. The molecule has 0 amide bonds. The molecular weight excluding hydrogens is 304 g/mol. The molecule has 2 aromatic carbocycles. The number of anilines is 2. The molecule has 0 aromatic heterocycles. The van der Waals surface area contributed by atoms with Gasteiger partial charge in [0.05, 0.1) is 16.8 Å². The van der Waals surface area contributed by atoms with Gasteiger partial charge in [0.2, 0.25) is 0 Å².